The molecule has 0 aliphatic carbocycles. The van der Waals surface area contributed by atoms with Crippen molar-refractivity contribution >= 4 is 17.7 Å². The lowest BCUT2D eigenvalue weighted by Gasteiger charge is -2.17. The van der Waals surface area contributed by atoms with Crippen molar-refractivity contribution in [3.05, 3.63) is 65.7 Å². The Kier molecular flexibility index (Phi) is 7.15. The van der Waals surface area contributed by atoms with Crippen molar-refractivity contribution < 1.29 is 9.53 Å². The van der Waals surface area contributed by atoms with E-state index in [2.05, 4.69) is 36.5 Å². The molecule has 4 heteroatoms. The summed E-state index contributed by atoms with van der Waals surface area (Å²) < 4.78 is 5.70. The van der Waals surface area contributed by atoms with Gasteiger partial charge >= 0.3 is 0 Å². The van der Waals surface area contributed by atoms with Crippen LogP contribution in [-0.2, 0) is 4.74 Å². The average molecular weight is 370 g/mol. The average Bonchev–Trinajstić information content (AvgIpc) is 3.21. The Bertz CT molecular complexity index is 698. The minimum Gasteiger partial charge on any atom is -0.377 e. The van der Waals surface area contributed by atoms with E-state index in [-0.39, 0.29) is 5.91 Å². The van der Waals surface area contributed by atoms with Crippen molar-refractivity contribution in [1.29, 1.82) is 0 Å². The molecule has 1 aliphatic heterocycles. The Morgan fingerprint density at radius 2 is 1.96 bits per heavy atom. The molecule has 2 aromatic carbocycles. The first kappa shape index (κ1) is 19.0. The minimum atomic E-state index is 0.00909. The number of hydrogen-bond donors (Lipinski definition) is 1. The molecule has 3 nitrogen and oxygen atoms in total. The van der Waals surface area contributed by atoms with E-state index in [1.807, 2.05) is 30.3 Å². The SMILES string of the molecule is CC[C@@H](CNC(=O)c1ccccc1SC[C@@H]1CCCO1)c1ccccc1. The fourth-order valence-electron chi connectivity index (χ4n) is 3.27. The first-order valence-electron chi connectivity index (χ1n) is 9.44. The smallest absolute Gasteiger partial charge is 0.252 e. The highest BCUT2D eigenvalue weighted by Gasteiger charge is 2.18. The van der Waals surface area contributed by atoms with Crippen LogP contribution >= 0.6 is 11.8 Å². The van der Waals surface area contributed by atoms with E-state index in [4.69, 9.17) is 4.74 Å². The first-order valence-corrected chi connectivity index (χ1v) is 10.4. The van der Waals surface area contributed by atoms with Crippen LogP contribution < -0.4 is 5.32 Å². The summed E-state index contributed by atoms with van der Waals surface area (Å²) >= 11 is 1.72. The molecule has 1 heterocycles. The number of thioether (sulfide) groups is 1. The Labute approximate surface area is 160 Å². The van der Waals surface area contributed by atoms with Gasteiger partial charge in [-0.15, -0.1) is 11.8 Å². The summed E-state index contributed by atoms with van der Waals surface area (Å²) in [5.41, 5.74) is 2.04. The van der Waals surface area contributed by atoms with E-state index in [1.165, 1.54) is 5.56 Å². The molecule has 1 aliphatic rings. The van der Waals surface area contributed by atoms with Gasteiger partial charge in [0.25, 0.3) is 5.91 Å². The molecule has 2 aromatic rings. The standard InChI is InChI=1S/C22H27NO2S/c1-2-17(18-9-4-3-5-10-18)15-23-22(24)20-12-6-7-13-21(20)26-16-19-11-8-14-25-19/h3-7,9-10,12-13,17,19H,2,8,11,14-16H2,1H3,(H,23,24)/t17-,19-/m0/s1. The highest BCUT2D eigenvalue weighted by Crippen LogP contribution is 2.27. The zero-order valence-corrected chi connectivity index (χ0v) is 16.1. The fourth-order valence-corrected chi connectivity index (χ4v) is 4.39. The third kappa shape index (κ3) is 5.12. The summed E-state index contributed by atoms with van der Waals surface area (Å²) in [6.45, 7) is 3.69. The second kappa shape index (κ2) is 9.79. The van der Waals surface area contributed by atoms with Gasteiger partial charge in [-0.05, 0) is 37.0 Å². The highest BCUT2D eigenvalue weighted by atomic mass is 32.2. The maximum Gasteiger partial charge on any atom is 0.252 e. The van der Waals surface area contributed by atoms with E-state index < -0.39 is 0 Å². The largest absolute Gasteiger partial charge is 0.377 e. The zero-order chi connectivity index (χ0) is 18.2. The molecular formula is C22H27NO2S. The minimum absolute atomic E-state index is 0.00909. The third-order valence-corrected chi connectivity index (χ3v) is 6.06. The van der Waals surface area contributed by atoms with E-state index in [1.54, 1.807) is 11.8 Å². The number of benzene rings is 2. The number of amides is 1. The molecule has 0 aromatic heterocycles. The maximum absolute atomic E-state index is 12.8. The summed E-state index contributed by atoms with van der Waals surface area (Å²) in [6.07, 6.45) is 3.58. The van der Waals surface area contributed by atoms with Gasteiger partial charge in [0.15, 0.2) is 0 Å². The number of nitrogens with one attached hydrogen (secondary N) is 1. The Hall–Kier alpha value is -1.78. The highest BCUT2D eigenvalue weighted by molar-refractivity contribution is 7.99. The fraction of sp³-hybridized carbons (Fsp3) is 0.409. The van der Waals surface area contributed by atoms with Gasteiger partial charge in [-0.1, -0.05) is 49.4 Å². The second-order valence-corrected chi connectivity index (χ2v) is 7.73. The summed E-state index contributed by atoms with van der Waals surface area (Å²) in [4.78, 5) is 13.8. The number of carbonyl (C=O) groups excluding carboxylic acids is 1. The van der Waals surface area contributed by atoms with Gasteiger partial charge in [-0.3, -0.25) is 4.79 Å². The quantitative estimate of drug-likeness (QED) is 0.674. The Morgan fingerprint density at radius 1 is 1.19 bits per heavy atom. The Balaban J connectivity index is 1.60. The van der Waals surface area contributed by atoms with E-state index in [9.17, 15) is 4.79 Å². The van der Waals surface area contributed by atoms with Crippen LogP contribution in [0.25, 0.3) is 0 Å². The van der Waals surface area contributed by atoms with Gasteiger partial charge in [0.1, 0.15) is 0 Å². The summed E-state index contributed by atoms with van der Waals surface area (Å²) in [5.74, 6) is 1.26. The molecule has 0 bridgehead atoms. The molecule has 0 radical (unpaired) electrons. The van der Waals surface area contributed by atoms with Gasteiger partial charge < -0.3 is 10.1 Å². The van der Waals surface area contributed by atoms with E-state index in [0.717, 1.165) is 42.1 Å². The summed E-state index contributed by atoms with van der Waals surface area (Å²) in [5, 5.41) is 3.13. The molecule has 1 fully saturated rings. The van der Waals surface area contributed by atoms with Crippen molar-refractivity contribution in [3.8, 4) is 0 Å². The lowest BCUT2D eigenvalue weighted by Crippen LogP contribution is -2.28. The van der Waals surface area contributed by atoms with Crippen LogP contribution in [0.15, 0.2) is 59.5 Å². The topological polar surface area (TPSA) is 38.3 Å². The van der Waals surface area contributed by atoms with Crippen LogP contribution in [0.1, 0.15) is 48.0 Å². The molecule has 1 saturated heterocycles. The van der Waals surface area contributed by atoms with E-state index >= 15 is 0 Å². The predicted octanol–water partition coefficient (Wildman–Crippen LogP) is 4.88. The lowest BCUT2D eigenvalue weighted by atomic mass is 9.96. The van der Waals surface area contributed by atoms with Gasteiger partial charge in [0, 0.05) is 29.7 Å². The number of hydrogen-bond acceptors (Lipinski definition) is 3. The summed E-state index contributed by atoms with van der Waals surface area (Å²) in [6, 6.07) is 18.3. The van der Waals surface area contributed by atoms with Crippen LogP contribution in [0.2, 0.25) is 0 Å². The van der Waals surface area contributed by atoms with Crippen LogP contribution in [0.5, 0.6) is 0 Å². The molecule has 0 spiro atoms. The monoisotopic (exact) mass is 369 g/mol. The molecule has 2 atom stereocenters. The van der Waals surface area contributed by atoms with Crippen LogP contribution in [-0.4, -0.2) is 30.9 Å². The predicted molar refractivity (Wildman–Crippen MR) is 108 cm³/mol. The second-order valence-electron chi connectivity index (χ2n) is 6.67. The molecule has 1 N–H and O–H groups in total. The molecule has 26 heavy (non-hydrogen) atoms. The number of rotatable bonds is 8. The molecule has 0 unspecified atom stereocenters. The number of ether oxygens (including phenoxy) is 1. The summed E-state index contributed by atoms with van der Waals surface area (Å²) in [7, 11) is 0. The van der Waals surface area contributed by atoms with Crippen LogP contribution in [0.3, 0.4) is 0 Å². The van der Waals surface area contributed by atoms with E-state index in [0.29, 0.717) is 18.6 Å². The molecule has 138 valence electrons. The Morgan fingerprint density at radius 3 is 2.69 bits per heavy atom. The van der Waals surface area contributed by atoms with Crippen molar-refractivity contribution in [2.75, 3.05) is 18.9 Å². The maximum atomic E-state index is 12.8. The number of carbonyl (C=O) groups is 1. The molecule has 3 rings (SSSR count). The zero-order valence-electron chi connectivity index (χ0n) is 15.3. The van der Waals surface area contributed by atoms with Crippen LogP contribution in [0.4, 0.5) is 0 Å². The van der Waals surface area contributed by atoms with Crippen molar-refractivity contribution in [2.24, 2.45) is 0 Å². The molecule has 0 saturated carbocycles. The molecule has 1 amide bonds. The van der Waals surface area contributed by atoms with Gasteiger partial charge in [-0.2, -0.15) is 0 Å². The van der Waals surface area contributed by atoms with Crippen molar-refractivity contribution in [1.82, 2.24) is 5.32 Å². The lowest BCUT2D eigenvalue weighted by molar-refractivity contribution is 0.0947. The normalized spacial score (nSPS) is 17.8. The van der Waals surface area contributed by atoms with Gasteiger partial charge in [0.2, 0.25) is 0 Å². The van der Waals surface area contributed by atoms with Gasteiger partial charge in [0.05, 0.1) is 11.7 Å². The van der Waals surface area contributed by atoms with Gasteiger partial charge in [-0.25, -0.2) is 0 Å². The first-order chi connectivity index (χ1) is 12.8. The van der Waals surface area contributed by atoms with Crippen molar-refractivity contribution in [2.45, 2.75) is 43.1 Å². The van der Waals surface area contributed by atoms with Crippen LogP contribution in [0, 0.1) is 0 Å². The third-order valence-electron chi connectivity index (χ3n) is 4.85. The van der Waals surface area contributed by atoms with Crippen molar-refractivity contribution in [3.63, 3.8) is 0 Å². The molecular weight excluding hydrogens is 342 g/mol.